The van der Waals surface area contributed by atoms with Crippen LogP contribution in [0.3, 0.4) is 0 Å². The van der Waals surface area contributed by atoms with Crippen molar-refractivity contribution in [3.63, 3.8) is 0 Å². The van der Waals surface area contributed by atoms with Gasteiger partial charge in [-0.3, -0.25) is 9.59 Å². The zero-order valence-corrected chi connectivity index (χ0v) is 15.0. The standard InChI is InChI=1S/C18H23N5O2/c1-11-6-5-7-15(19-11)22-8-9-23(12(2)10-22)18(25)16-17(24)21-14(4)13(3)20-16/h5-7,12H,8-10H2,1-4H3,(H,21,24). The highest BCUT2D eigenvalue weighted by Crippen LogP contribution is 2.18. The molecule has 3 heterocycles. The number of hydrogen-bond donors (Lipinski definition) is 1. The molecule has 0 aromatic carbocycles. The second kappa shape index (κ2) is 6.66. The number of pyridine rings is 1. The molecule has 1 N–H and O–H groups in total. The molecule has 25 heavy (non-hydrogen) atoms. The lowest BCUT2D eigenvalue weighted by molar-refractivity contribution is 0.0665. The summed E-state index contributed by atoms with van der Waals surface area (Å²) in [4.78, 5) is 40.3. The number of rotatable bonds is 2. The molecule has 7 nitrogen and oxygen atoms in total. The van der Waals surface area contributed by atoms with E-state index in [4.69, 9.17) is 0 Å². The van der Waals surface area contributed by atoms with E-state index in [2.05, 4.69) is 19.9 Å². The number of aryl methyl sites for hydroxylation is 3. The fourth-order valence-electron chi connectivity index (χ4n) is 3.08. The lowest BCUT2D eigenvalue weighted by Crippen LogP contribution is -2.55. The van der Waals surface area contributed by atoms with Gasteiger partial charge in [0.15, 0.2) is 5.69 Å². The SMILES string of the molecule is Cc1cccc(N2CCN(C(=O)c3nc(C)c(C)[nH]c3=O)C(C)C2)n1. The van der Waals surface area contributed by atoms with Crippen LogP contribution in [0.2, 0.25) is 0 Å². The van der Waals surface area contributed by atoms with Crippen molar-refractivity contribution in [3.05, 3.63) is 51.3 Å². The van der Waals surface area contributed by atoms with Crippen LogP contribution in [0, 0.1) is 20.8 Å². The van der Waals surface area contributed by atoms with Gasteiger partial charge >= 0.3 is 0 Å². The average Bonchev–Trinajstić information content (AvgIpc) is 2.57. The maximum absolute atomic E-state index is 12.8. The highest BCUT2D eigenvalue weighted by molar-refractivity contribution is 5.92. The molecule has 1 aliphatic heterocycles. The van der Waals surface area contributed by atoms with Crippen LogP contribution in [0.15, 0.2) is 23.0 Å². The van der Waals surface area contributed by atoms with Crippen molar-refractivity contribution in [3.8, 4) is 0 Å². The van der Waals surface area contributed by atoms with Crippen molar-refractivity contribution in [2.24, 2.45) is 0 Å². The monoisotopic (exact) mass is 341 g/mol. The number of piperazine rings is 1. The summed E-state index contributed by atoms with van der Waals surface area (Å²) in [6.45, 7) is 9.38. The van der Waals surface area contributed by atoms with Crippen molar-refractivity contribution >= 4 is 11.7 Å². The summed E-state index contributed by atoms with van der Waals surface area (Å²) in [6.07, 6.45) is 0. The normalized spacial score (nSPS) is 17.7. The topological polar surface area (TPSA) is 82.2 Å². The lowest BCUT2D eigenvalue weighted by atomic mass is 10.1. The Hall–Kier alpha value is -2.70. The molecule has 1 unspecified atom stereocenters. The number of nitrogens with zero attached hydrogens (tertiary/aromatic N) is 4. The Balaban J connectivity index is 1.79. The Morgan fingerprint density at radius 1 is 1.20 bits per heavy atom. The molecule has 1 atom stereocenters. The maximum Gasteiger partial charge on any atom is 0.279 e. The molecule has 0 spiro atoms. The number of amides is 1. The fraction of sp³-hybridized carbons (Fsp3) is 0.444. The van der Waals surface area contributed by atoms with Crippen molar-refractivity contribution in [2.45, 2.75) is 33.7 Å². The fourth-order valence-corrected chi connectivity index (χ4v) is 3.08. The van der Waals surface area contributed by atoms with E-state index in [0.717, 1.165) is 11.5 Å². The van der Waals surface area contributed by atoms with E-state index in [1.807, 2.05) is 32.0 Å². The first-order valence-electron chi connectivity index (χ1n) is 8.44. The van der Waals surface area contributed by atoms with Gasteiger partial charge in [0.2, 0.25) is 0 Å². The predicted molar refractivity (Wildman–Crippen MR) is 96.0 cm³/mol. The molecule has 0 bridgehead atoms. The highest BCUT2D eigenvalue weighted by Gasteiger charge is 2.30. The number of carbonyl (C=O) groups is 1. The molecule has 132 valence electrons. The minimum Gasteiger partial charge on any atom is -0.353 e. The number of nitrogens with one attached hydrogen (secondary N) is 1. The van der Waals surface area contributed by atoms with Crippen molar-refractivity contribution in [1.29, 1.82) is 0 Å². The Bertz CT molecular complexity index is 861. The average molecular weight is 341 g/mol. The molecule has 2 aromatic rings. The molecule has 0 saturated carbocycles. The molecule has 1 fully saturated rings. The van der Waals surface area contributed by atoms with Crippen LogP contribution in [0.4, 0.5) is 5.82 Å². The molecule has 7 heteroatoms. The Morgan fingerprint density at radius 2 is 1.96 bits per heavy atom. The minimum atomic E-state index is -0.428. The lowest BCUT2D eigenvalue weighted by Gasteiger charge is -2.40. The molecule has 0 aliphatic carbocycles. The summed E-state index contributed by atoms with van der Waals surface area (Å²) in [6, 6.07) is 5.89. The van der Waals surface area contributed by atoms with Gasteiger partial charge in [-0.05, 0) is 39.8 Å². The van der Waals surface area contributed by atoms with Gasteiger partial charge in [-0.2, -0.15) is 0 Å². The van der Waals surface area contributed by atoms with Crippen LogP contribution in [0.5, 0.6) is 0 Å². The molecular formula is C18H23N5O2. The first kappa shape index (κ1) is 17.1. The maximum atomic E-state index is 12.8. The van der Waals surface area contributed by atoms with Crippen LogP contribution >= 0.6 is 0 Å². The quantitative estimate of drug-likeness (QED) is 0.894. The van der Waals surface area contributed by atoms with Crippen molar-refractivity contribution in [2.75, 3.05) is 24.5 Å². The van der Waals surface area contributed by atoms with E-state index in [-0.39, 0.29) is 17.6 Å². The summed E-state index contributed by atoms with van der Waals surface area (Å²) in [5.74, 6) is 0.606. The zero-order valence-electron chi connectivity index (χ0n) is 15.0. The van der Waals surface area contributed by atoms with Crippen LogP contribution < -0.4 is 10.5 Å². The molecule has 0 radical (unpaired) electrons. The van der Waals surface area contributed by atoms with E-state index in [0.29, 0.717) is 31.0 Å². The summed E-state index contributed by atoms with van der Waals surface area (Å²) < 4.78 is 0. The van der Waals surface area contributed by atoms with Gasteiger partial charge in [0.25, 0.3) is 11.5 Å². The third-order valence-electron chi connectivity index (χ3n) is 4.63. The van der Waals surface area contributed by atoms with E-state index < -0.39 is 5.56 Å². The third-order valence-corrected chi connectivity index (χ3v) is 4.63. The van der Waals surface area contributed by atoms with Crippen molar-refractivity contribution < 1.29 is 4.79 Å². The van der Waals surface area contributed by atoms with E-state index in [1.54, 1.807) is 18.7 Å². The van der Waals surface area contributed by atoms with Gasteiger partial charge in [0.1, 0.15) is 5.82 Å². The summed E-state index contributed by atoms with van der Waals surface area (Å²) in [5, 5.41) is 0. The second-order valence-corrected chi connectivity index (χ2v) is 6.56. The van der Waals surface area contributed by atoms with Gasteiger partial charge in [0.05, 0.1) is 5.69 Å². The number of aromatic nitrogens is 3. The van der Waals surface area contributed by atoms with E-state index in [9.17, 15) is 9.59 Å². The Kier molecular flexibility index (Phi) is 4.57. The van der Waals surface area contributed by atoms with Crippen LogP contribution in [-0.2, 0) is 0 Å². The Labute approximate surface area is 146 Å². The molecule has 3 rings (SSSR count). The number of anilines is 1. The number of carbonyl (C=O) groups excluding carboxylic acids is 1. The number of aromatic amines is 1. The predicted octanol–water partition coefficient (Wildman–Crippen LogP) is 1.44. The Morgan fingerprint density at radius 3 is 2.64 bits per heavy atom. The minimum absolute atomic E-state index is 0.0305. The first-order chi connectivity index (χ1) is 11.9. The van der Waals surface area contributed by atoms with Crippen molar-refractivity contribution in [1.82, 2.24) is 19.9 Å². The van der Waals surface area contributed by atoms with Gasteiger partial charge in [-0.1, -0.05) is 6.07 Å². The molecule has 1 aliphatic rings. The van der Waals surface area contributed by atoms with Gasteiger partial charge in [-0.25, -0.2) is 9.97 Å². The molecule has 1 amide bonds. The number of H-pyrrole nitrogens is 1. The molecule has 2 aromatic heterocycles. The van der Waals surface area contributed by atoms with E-state index >= 15 is 0 Å². The van der Waals surface area contributed by atoms with Gasteiger partial charge < -0.3 is 14.8 Å². The smallest absolute Gasteiger partial charge is 0.279 e. The summed E-state index contributed by atoms with van der Waals surface area (Å²) in [7, 11) is 0. The first-order valence-corrected chi connectivity index (χ1v) is 8.44. The van der Waals surface area contributed by atoms with Gasteiger partial charge in [0, 0.05) is 37.1 Å². The van der Waals surface area contributed by atoms with Crippen LogP contribution in [0.1, 0.15) is 34.5 Å². The van der Waals surface area contributed by atoms with Crippen LogP contribution in [-0.4, -0.2) is 51.4 Å². The molecular weight excluding hydrogens is 318 g/mol. The molecule has 1 saturated heterocycles. The third kappa shape index (κ3) is 3.40. The van der Waals surface area contributed by atoms with Gasteiger partial charge in [-0.15, -0.1) is 0 Å². The summed E-state index contributed by atoms with van der Waals surface area (Å²) in [5.41, 5.74) is 1.86. The highest BCUT2D eigenvalue weighted by atomic mass is 16.2. The largest absolute Gasteiger partial charge is 0.353 e. The summed E-state index contributed by atoms with van der Waals surface area (Å²) >= 11 is 0. The number of hydrogen-bond acceptors (Lipinski definition) is 5. The zero-order chi connectivity index (χ0) is 18.1. The second-order valence-electron chi connectivity index (χ2n) is 6.56. The van der Waals surface area contributed by atoms with Crippen LogP contribution in [0.25, 0.3) is 0 Å². The van der Waals surface area contributed by atoms with E-state index in [1.165, 1.54) is 0 Å².